The van der Waals surface area contributed by atoms with Gasteiger partial charge in [0.05, 0.1) is 13.2 Å². The summed E-state index contributed by atoms with van der Waals surface area (Å²) in [4.78, 5) is 14.5. The van der Waals surface area contributed by atoms with Crippen LogP contribution in [0.25, 0.3) is 6.08 Å². The van der Waals surface area contributed by atoms with Crippen LogP contribution in [0.15, 0.2) is 54.6 Å². The Morgan fingerprint density at radius 2 is 1.93 bits per heavy atom. The molecule has 0 aromatic heterocycles. The first-order chi connectivity index (χ1) is 13.1. The van der Waals surface area contributed by atoms with Crippen LogP contribution in [0.2, 0.25) is 0 Å². The topological polar surface area (TPSA) is 38.8 Å². The molecule has 0 saturated carbocycles. The van der Waals surface area contributed by atoms with Crippen LogP contribution in [0.5, 0.6) is 11.5 Å². The van der Waals surface area contributed by atoms with E-state index in [4.69, 9.17) is 4.74 Å². The number of nitrogens with zero attached hydrogens (tertiary/aromatic N) is 1. The van der Waals surface area contributed by atoms with Gasteiger partial charge in [-0.1, -0.05) is 30.3 Å². The summed E-state index contributed by atoms with van der Waals surface area (Å²) in [5.41, 5.74) is 1.49. The van der Waals surface area contributed by atoms with Gasteiger partial charge in [-0.25, -0.2) is 0 Å². The van der Waals surface area contributed by atoms with Crippen molar-refractivity contribution in [3.8, 4) is 11.5 Å². The number of carbonyl (C=O) groups is 1. The number of alkyl halides is 2. The number of para-hydroxylation sites is 1. The second kappa shape index (κ2) is 8.66. The molecule has 1 saturated heterocycles. The highest BCUT2D eigenvalue weighted by atomic mass is 19.3. The smallest absolute Gasteiger partial charge is 0.387 e. The lowest BCUT2D eigenvalue weighted by atomic mass is 10.0. The van der Waals surface area contributed by atoms with Crippen LogP contribution in [0, 0.1) is 0 Å². The molecule has 0 N–H and O–H groups in total. The lowest BCUT2D eigenvalue weighted by molar-refractivity contribution is -0.126. The molecule has 4 nitrogen and oxygen atoms in total. The van der Waals surface area contributed by atoms with Crippen molar-refractivity contribution >= 4 is 12.0 Å². The Hall–Kier alpha value is -2.89. The van der Waals surface area contributed by atoms with Gasteiger partial charge in [0.1, 0.15) is 11.5 Å². The summed E-state index contributed by atoms with van der Waals surface area (Å²) in [5.74, 6) is 0.662. The molecule has 1 heterocycles. The first kappa shape index (κ1) is 18.9. The van der Waals surface area contributed by atoms with Gasteiger partial charge in [0.2, 0.25) is 5.91 Å². The lowest BCUT2D eigenvalue weighted by Crippen LogP contribution is -2.28. The van der Waals surface area contributed by atoms with E-state index in [1.165, 1.54) is 18.2 Å². The molecule has 1 atom stereocenters. The number of ether oxygens (including phenoxy) is 2. The second-order valence-electron chi connectivity index (χ2n) is 6.21. The summed E-state index contributed by atoms with van der Waals surface area (Å²) < 4.78 is 34.7. The summed E-state index contributed by atoms with van der Waals surface area (Å²) in [7, 11) is 1.61. The van der Waals surface area contributed by atoms with Crippen molar-refractivity contribution in [3.05, 3.63) is 65.7 Å². The zero-order valence-electron chi connectivity index (χ0n) is 15.0. The molecule has 0 bridgehead atoms. The van der Waals surface area contributed by atoms with E-state index in [0.717, 1.165) is 24.2 Å². The molecule has 0 aliphatic carbocycles. The van der Waals surface area contributed by atoms with Gasteiger partial charge in [0.25, 0.3) is 0 Å². The highest BCUT2D eigenvalue weighted by molar-refractivity contribution is 5.92. The average molecular weight is 373 g/mol. The predicted octanol–water partition coefficient (Wildman–Crippen LogP) is 4.67. The largest absolute Gasteiger partial charge is 0.497 e. The number of hydrogen-bond acceptors (Lipinski definition) is 3. The SMILES string of the molecule is COc1ccc(C2CCCN2C(=O)C=Cc2ccccc2OC(F)F)cc1. The third-order valence-electron chi connectivity index (χ3n) is 4.58. The van der Waals surface area contributed by atoms with Crippen LogP contribution in [0.3, 0.4) is 0 Å². The summed E-state index contributed by atoms with van der Waals surface area (Å²) >= 11 is 0. The summed E-state index contributed by atoms with van der Waals surface area (Å²) in [5, 5.41) is 0. The molecule has 1 unspecified atom stereocenters. The van der Waals surface area contributed by atoms with Crippen molar-refractivity contribution in [1.29, 1.82) is 0 Å². The first-order valence-corrected chi connectivity index (χ1v) is 8.75. The molecule has 0 radical (unpaired) electrons. The molecule has 1 aliphatic heterocycles. The Labute approximate surface area is 157 Å². The standard InChI is InChI=1S/C21H21F2NO3/c1-26-17-11-8-15(9-12-17)18-6-4-14-24(18)20(25)13-10-16-5-2-3-7-19(16)27-21(22)23/h2-3,5,7-13,18,21H,4,6,14H2,1H3. The van der Waals surface area contributed by atoms with E-state index in [-0.39, 0.29) is 17.7 Å². The van der Waals surface area contributed by atoms with Gasteiger partial charge in [-0.2, -0.15) is 8.78 Å². The van der Waals surface area contributed by atoms with Gasteiger partial charge >= 0.3 is 6.61 Å². The molecule has 27 heavy (non-hydrogen) atoms. The third kappa shape index (κ3) is 4.64. The van der Waals surface area contributed by atoms with Gasteiger partial charge in [0.15, 0.2) is 0 Å². The van der Waals surface area contributed by atoms with Crippen LogP contribution in [-0.2, 0) is 4.79 Å². The molecular formula is C21H21F2NO3. The average Bonchev–Trinajstić information content (AvgIpc) is 3.16. The molecule has 2 aromatic carbocycles. The minimum Gasteiger partial charge on any atom is -0.497 e. The molecule has 0 spiro atoms. The summed E-state index contributed by atoms with van der Waals surface area (Å²) in [6, 6.07) is 14.1. The molecule has 1 amide bonds. The maximum Gasteiger partial charge on any atom is 0.387 e. The van der Waals surface area contributed by atoms with E-state index in [2.05, 4.69) is 4.74 Å². The number of hydrogen-bond donors (Lipinski definition) is 0. The quantitative estimate of drug-likeness (QED) is 0.691. The first-order valence-electron chi connectivity index (χ1n) is 8.75. The van der Waals surface area contributed by atoms with Crippen LogP contribution in [0.4, 0.5) is 8.78 Å². The molecule has 2 aromatic rings. The Balaban J connectivity index is 1.74. The minimum absolute atomic E-state index is 0.000568. The van der Waals surface area contributed by atoms with E-state index in [1.807, 2.05) is 24.3 Å². The van der Waals surface area contributed by atoms with Crippen molar-refractivity contribution in [2.75, 3.05) is 13.7 Å². The van der Waals surface area contributed by atoms with Crippen LogP contribution in [0.1, 0.15) is 30.0 Å². The molecule has 3 rings (SSSR count). The summed E-state index contributed by atoms with van der Waals surface area (Å²) in [6.07, 6.45) is 4.73. The van der Waals surface area contributed by atoms with Crippen molar-refractivity contribution in [2.24, 2.45) is 0 Å². The number of likely N-dealkylation sites (tertiary alicyclic amines) is 1. The zero-order valence-corrected chi connectivity index (χ0v) is 15.0. The summed E-state index contributed by atoms with van der Waals surface area (Å²) in [6.45, 7) is -2.25. The molecule has 1 fully saturated rings. The number of amides is 1. The zero-order chi connectivity index (χ0) is 19.2. The van der Waals surface area contributed by atoms with Gasteiger partial charge < -0.3 is 14.4 Å². The van der Waals surface area contributed by atoms with Crippen LogP contribution in [-0.4, -0.2) is 31.1 Å². The molecule has 1 aliphatic rings. The van der Waals surface area contributed by atoms with Crippen LogP contribution < -0.4 is 9.47 Å². The van der Waals surface area contributed by atoms with E-state index in [9.17, 15) is 13.6 Å². The molecular weight excluding hydrogens is 352 g/mol. The Kier molecular flexibility index (Phi) is 6.06. The van der Waals surface area contributed by atoms with Crippen molar-refractivity contribution < 1.29 is 23.0 Å². The molecule has 6 heteroatoms. The Bertz CT molecular complexity index is 805. The Morgan fingerprint density at radius 3 is 2.63 bits per heavy atom. The number of carbonyl (C=O) groups excluding carboxylic acids is 1. The fraction of sp³-hybridized carbons (Fsp3) is 0.286. The maximum absolute atomic E-state index is 12.7. The minimum atomic E-state index is -2.91. The number of rotatable bonds is 6. The Morgan fingerprint density at radius 1 is 1.19 bits per heavy atom. The van der Waals surface area contributed by atoms with Gasteiger partial charge in [-0.05, 0) is 42.7 Å². The van der Waals surface area contributed by atoms with Crippen molar-refractivity contribution in [1.82, 2.24) is 4.90 Å². The monoisotopic (exact) mass is 373 g/mol. The maximum atomic E-state index is 12.7. The van der Waals surface area contributed by atoms with Crippen molar-refractivity contribution in [3.63, 3.8) is 0 Å². The fourth-order valence-corrected chi connectivity index (χ4v) is 3.28. The van der Waals surface area contributed by atoms with Gasteiger partial charge in [0, 0.05) is 18.2 Å². The normalized spacial score (nSPS) is 16.9. The van der Waals surface area contributed by atoms with E-state index < -0.39 is 6.61 Å². The second-order valence-corrected chi connectivity index (χ2v) is 6.21. The number of benzene rings is 2. The lowest BCUT2D eigenvalue weighted by Gasteiger charge is -2.24. The van der Waals surface area contributed by atoms with E-state index in [0.29, 0.717) is 12.1 Å². The number of methoxy groups -OCH3 is 1. The third-order valence-corrected chi connectivity index (χ3v) is 4.58. The van der Waals surface area contributed by atoms with E-state index in [1.54, 1.807) is 30.2 Å². The van der Waals surface area contributed by atoms with Gasteiger partial charge in [-0.3, -0.25) is 4.79 Å². The highest BCUT2D eigenvalue weighted by Crippen LogP contribution is 2.33. The number of halogens is 2. The molecule has 142 valence electrons. The van der Waals surface area contributed by atoms with Gasteiger partial charge in [-0.15, -0.1) is 0 Å². The van der Waals surface area contributed by atoms with E-state index >= 15 is 0 Å². The fourth-order valence-electron chi connectivity index (χ4n) is 3.28. The predicted molar refractivity (Wildman–Crippen MR) is 98.8 cm³/mol. The van der Waals surface area contributed by atoms with Crippen molar-refractivity contribution in [2.45, 2.75) is 25.5 Å². The highest BCUT2D eigenvalue weighted by Gasteiger charge is 2.28. The van der Waals surface area contributed by atoms with Crippen LogP contribution >= 0.6 is 0 Å².